The van der Waals surface area contributed by atoms with Gasteiger partial charge in [0, 0.05) is 23.7 Å². The number of nitrogens with zero attached hydrogens (tertiary/aromatic N) is 2. The fourth-order valence-corrected chi connectivity index (χ4v) is 3.57. The maximum atomic E-state index is 12.9. The summed E-state index contributed by atoms with van der Waals surface area (Å²) in [5.41, 5.74) is 1.12. The summed E-state index contributed by atoms with van der Waals surface area (Å²) in [5.74, 6) is -1.05. The number of likely N-dealkylation sites (tertiary alicyclic amines) is 1. The van der Waals surface area contributed by atoms with Gasteiger partial charge in [0.15, 0.2) is 0 Å². The number of aliphatic hydroxyl groups excluding tert-OH is 1. The molecule has 29 heavy (non-hydrogen) atoms. The number of hydrogen-bond acceptors (Lipinski definition) is 5. The summed E-state index contributed by atoms with van der Waals surface area (Å²) >= 11 is 6.16. The molecule has 0 aromatic heterocycles. The summed E-state index contributed by atoms with van der Waals surface area (Å²) in [4.78, 5) is 29.1. The molecule has 1 atom stereocenters. The summed E-state index contributed by atoms with van der Waals surface area (Å²) < 4.78 is 5.21. The standard InChI is InChI=1S/C22H23ClN2O4/c1-24(2)10-11-25-19(14-6-4-8-16(23)12-14)18(21(27)22(25)28)20(26)15-7-5-9-17(13-15)29-3/h4-9,12-13,19,26H,10-11H2,1-3H3/b20-18+/t19-/m1/s1. The number of methoxy groups -OCH3 is 1. The van der Waals surface area contributed by atoms with Gasteiger partial charge in [-0.05, 0) is 43.9 Å². The van der Waals surface area contributed by atoms with Crippen molar-refractivity contribution < 1.29 is 19.4 Å². The number of carbonyl (C=O) groups excluding carboxylic acids is 2. The number of ether oxygens (including phenoxy) is 1. The van der Waals surface area contributed by atoms with Gasteiger partial charge in [0.1, 0.15) is 11.5 Å². The first kappa shape index (κ1) is 20.9. The predicted octanol–water partition coefficient (Wildman–Crippen LogP) is 3.33. The SMILES string of the molecule is COc1cccc(/C(O)=C2\C(=O)C(=O)N(CCN(C)C)[C@@H]2c2cccc(Cl)c2)c1. The van der Waals surface area contributed by atoms with Crippen molar-refractivity contribution in [3.63, 3.8) is 0 Å². The molecule has 0 spiro atoms. The van der Waals surface area contributed by atoms with Crippen molar-refractivity contribution in [2.75, 3.05) is 34.3 Å². The summed E-state index contributed by atoms with van der Waals surface area (Å²) in [6.45, 7) is 0.910. The van der Waals surface area contributed by atoms with Gasteiger partial charge in [0.2, 0.25) is 0 Å². The number of likely N-dealkylation sites (N-methyl/N-ethyl adjacent to an activating group) is 1. The van der Waals surface area contributed by atoms with Gasteiger partial charge in [0.05, 0.1) is 18.7 Å². The van der Waals surface area contributed by atoms with Crippen molar-refractivity contribution in [1.29, 1.82) is 0 Å². The van der Waals surface area contributed by atoms with E-state index < -0.39 is 17.7 Å². The number of Topliss-reactive ketones (excluding diaryl/α,β-unsaturated/α-hetero) is 1. The highest BCUT2D eigenvalue weighted by Crippen LogP contribution is 2.40. The average molecular weight is 415 g/mol. The first-order valence-electron chi connectivity index (χ1n) is 9.16. The Kier molecular flexibility index (Phi) is 6.25. The van der Waals surface area contributed by atoms with Crippen LogP contribution >= 0.6 is 11.6 Å². The monoisotopic (exact) mass is 414 g/mol. The second-order valence-electron chi connectivity index (χ2n) is 7.08. The maximum absolute atomic E-state index is 12.9. The molecular weight excluding hydrogens is 392 g/mol. The molecule has 0 bridgehead atoms. The first-order chi connectivity index (χ1) is 13.8. The zero-order chi connectivity index (χ0) is 21.1. The third-order valence-electron chi connectivity index (χ3n) is 4.84. The molecule has 0 saturated carbocycles. The van der Waals surface area contributed by atoms with Crippen molar-refractivity contribution in [3.05, 3.63) is 70.3 Å². The molecule has 152 valence electrons. The fourth-order valence-electron chi connectivity index (χ4n) is 3.37. The highest BCUT2D eigenvalue weighted by molar-refractivity contribution is 6.46. The highest BCUT2D eigenvalue weighted by atomic mass is 35.5. The van der Waals surface area contributed by atoms with Crippen LogP contribution in [0.25, 0.3) is 5.76 Å². The molecule has 1 fully saturated rings. The van der Waals surface area contributed by atoms with E-state index in [-0.39, 0.29) is 11.3 Å². The minimum absolute atomic E-state index is 0.0456. The minimum Gasteiger partial charge on any atom is -0.507 e. The molecule has 1 amide bonds. The summed E-state index contributed by atoms with van der Waals surface area (Å²) in [6, 6.07) is 13.0. The molecule has 1 aliphatic rings. The smallest absolute Gasteiger partial charge is 0.295 e. The number of amides is 1. The van der Waals surface area contributed by atoms with Crippen molar-refractivity contribution in [3.8, 4) is 5.75 Å². The normalized spacial score (nSPS) is 18.5. The number of carbonyl (C=O) groups is 2. The molecule has 2 aromatic carbocycles. The number of hydrogen-bond donors (Lipinski definition) is 1. The van der Waals surface area contributed by atoms with Crippen molar-refractivity contribution in [2.45, 2.75) is 6.04 Å². The topological polar surface area (TPSA) is 70.1 Å². The quantitative estimate of drug-likeness (QED) is 0.446. The molecule has 1 saturated heterocycles. The van der Waals surface area contributed by atoms with Crippen LogP contribution in [0.1, 0.15) is 17.2 Å². The van der Waals surface area contributed by atoms with Gasteiger partial charge >= 0.3 is 0 Å². The van der Waals surface area contributed by atoms with Crippen LogP contribution in [0, 0.1) is 0 Å². The van der Waals surface area contributed by atoms with Crippen molar-refractivity contribution in [2.24, 2.45) is 0 Å². The van der Waals surface area contributed by atoms with Gasteiger partial charge in [0.25, 0.3) is 11.7 Å². The second-order valence-corrected chi connectivity index (χ2v) is 7.52. The van der Waals surface area contributed by atoms with Crippen LogP contribution in [0.4, 0.5) is 0 Å². The highest BCUT2D eigenvalue weighted by Gasteiger charge is 2.45. The molecular formula is C22H23ClN2O4. The van der Waals surface area contributed by atoms with Gasteiger partial charge in [-0.1, -0.05) is 35.9 Å². The number of rotatable bonds is 6. The lowest BCUT2D eigenvalue weighted by Crippen LogP contribution is -2.35. The van der Waals surface area contributed by atoms with Crippen LogP contribution < -0.4 is 4.74 Å². The van der Waals surface area contributed by atoms with Crippen molar-refractivity contribution in [1.82, 2.24) is 9.80 Å². The Hall–Kier alpha value is -2.83. The van der Waals surface area contributed by atoms with E-state index in [0.29, 0.717) is 35.0 Å². The fraction of sp³-hybridized carbons (Fsp3) is 0.273. The minimum atomic E-state index is -0.722. The Bertz CT molecular complexity index is 971. The number of ketones is 1. The van der Waals surface area contributed by atoms with Crippen LogP contribution in [0.5, 0.6) is 5.75 Å². The van der Waals surface area contributed by atoms with E-state index in [0.717, 1.165) is 0 Å². The van der Waals surface area contributed by atoms with E-state index in [9.17, 15) is 14.7 Å². The molecule has 0 unspecified atom stereocenters. The number of aliphatic hydroxyl groups is 1. The Labute approximate surface area is 174 Å². The molecule has 0 aliphatic carbocycles. The first-order valence-corrected chi connectivity index (χ1v) is 9.54. The van der Waals surface area contributed by atoms with E-state index in [1.54, 1.807) is 48.5 Å². The second kappa shape index (κ2) is 8.68. The molecule has 6 nitrogen and oxygen atoms in total. The molecule has 0 radical (unpaired) electrons. The van der Waals surface area contributed by atoms with E-state index >= 15 is 0 Å². The Morgan fingerprint density at radius 1 is 1.17 bits per heavy atom. The van der Waals surface area contributed by atoms with Crippen LogP contribution in [-0.2, 0) is 9.59 Å². The van der Waals surface area contributed by atoms with E-state index in [1.165, 1.54) is 12.0 Å². The van der Waals surface area contributed by atoms with Crippen LogP contribution in [-0.4, -0.2) is 60.9 Å². The molecule has 1 N–H and O–H groups in total. The predicted molar refractivity (Wildman–Crippen MR) is 112 cm³/mol. The molecule has 7 heteroatoms. The summed E-state index contributed by atoms with van der Waals surface area (Å²) in [7, 11) is 5.30. The third kappa shape index (κ3) is 4.28. The summed E-state index contributed by atoms with van der Waals surface area (Å²) in [6.07, 6.45) is 0. The lowest BCUT2D eigenvalue weighted by Gasteiger charge is -2.26. The van der Waals surface area contributed by atoms with Gasteiger partial charge in [-0.15, -0.1) is 0 Å². The molecule has 1 aliphatic heterocycles. The molecule has 1 heterocycles. The molecule has 3 rings (SSSR count). The Morgan fingerprint density at radius 2 is 1.90 bits per heavy atom. The van der Waals surface area contributed by atoms with Gasteiger partial charge < -0.3 is 19.6 Å². The summed E-state index contributed by atoms with van der Waals surface area (Å²) in [5, 5.41) is 11.5. The Balaban J connectivity index is 2.16. The van der Waals surface area contributed by atoms with Crippen LogP contribution in [0.15, 0.2) is 54.1 Å². The molecule has 2 aromatic rings. The van der Waals surface area contributed by atoms with E-state index in [1.807, 2.05) is 19.0 Å². The zero-order valence-electron chi connectivity index (χ0n) is 16.6. The van der Waals surface area contributed by atoms with Gasteiger partial charge in [-0.25, -0.2) is 0 Å². The Morgan fingerprint density at radius 3 is 2.55 bits per heavy atom. The average Bonchev–Trinajstić information content (AvgIpc) is 2.96. The maximum Gasteiger partial charge on any atom is 0.295 e. The van der Waals surface area contributed by atoms with E-state index in [4.69, 9.17) is 16.3 Å². The third-order valence-corrected chi connectivity index (χ3v) is 5.07. The lowest BCUT2D eigenvalue weighted by atomic mass is 9.95. The van der Waals surface area contributed by atoms with Gasteiger partial charge in [-0.2, -0.15) is 0 Å². The van der Waals surface area contributed by atoms with Crippen LogP contribution in [0.3, 0.4) is 0 Å². The zero-order valence-corrected chi connectivity index (χ0v) is 17.3. The van der Waals surface area contributed by atoms with E-state index in [2.05, 4.69) is 0 Å². The van der Waals surface area contributed by atoms with Crippen LogP contribution in [0.2, 0.25) is 5.02 Å². The number of benzene rings is 2. The van der Waals surface area contributed by atoms with Crippen molar-refractivity contribution >= 4 is 29.1 Å². The number of halogens is 1. The largest absolute Gasteiger partial charge is 0.507 e. The lowest BCUT2D eigenvalue weighted by molar-refractivity contribution is -0.140. The van der Waals surface area contributed by atoms with Gasteiger partial charge in [-0.3, -0.25) is 9.59 Å².